The van der Waals surface area contributed by atoms with Crippen molar-refractivity contribution in [3.05, 3.63) is 65.2 Å². The second-order valence-electron chi connectivity index (χ2n) is 7.12. The SMILES string of the molecule is COc1cccc(/C(O)=C2\C(=O)C(=O)N(CCN(C)C)C2c2ccc(O)cc2)c1. The third-order valence-electron chi connectivity index (χ3n) is 4.88. The molecule has 2 aromatic carbocycles. The maximum atomic E-state index is 12.9. The van der Waals surface area contributed by atoms with Crippen LogP contribution >= 0.6 is 0 Å². The molecule has 0 aromatic heterocycles. The van der Waals surface area contributed by atoms with Gasteiger partial charge in [-0.2, -0.15) is 0 Å². The quantitative estimate of drug-likeness (QED) is 0.443. The molecule has 1 saturated heterocycles. The Morgan fingerprint density at radius 1 is 1.14 bits per heavy atom. The van der Waals surface area contributed by atoms with E-state index in [0.29, 0.717) is 30.0 Å². The van der Waals surface area contributed by atoms with E-state index in [4.69, 9.17) is 4.74 Å². The maximum absolute atomic E-state index is 12.9. The monoisotopic (exact) mass is 396 g/mol. The van der Waals surface area contributed by atoms with Gasteiger partial charge in [0.2, 0.25) is 0 Å². The second kappa shape index (κ2) is 8.36. The van der Waals surface area contributed by atoms with Crippen molar-refractivity contribution in [3.63, 3.8) is 0 Å². The van der Waals surface area contributed by atoms with Gasteiger partial charge in [-0.05, 0) is 43.9 Å². The van der Waals surface area contributed by atoms with Gasteiger partial charge in [-0.25, -0.2) is 0 Å². The molecule has 29 heavy (non-hydrogen) atoms. The number of benzene rings is 2. The minimum Gasteiger partial charge on any atom is -0.508 e. The Morgan fingerprint density at radius 3 is 2.45 bits per heavy atom. The van der Waals surface area contributed by atoms with E-state index in [9.17, 15) is 19.8 Å². The van der Waals surface area contributed by atoms with Crippen molar-refractivity contribution in [2.75, 3.05) is 34.3 Å². The van der Waals surface area contributed by atoms with E-state index in [0.717, 1.165) is 0 Å². The zero-order chi connectivity index (χ0) is 21.1. The zero-order valence-electron chi connectivity index (χ0n) is 16.6. The summed E-state index contributed by atoms with van der Waals surface area (Å²) in [4.78, 5) is 29.0. The van der Waals surface area contributed by atoms with Crippen molar-refractivity contribution in [3.8, 4) is 11.5 Å². The number of ketones is 1. The normalized spacial score (nSPS) is 18.5. The number of aromatic hydroxyl groups is 1. The lowest BCUT2D eigenvalue weighted by Crippen LogP contribution is -2.35. The van der Waals surface area contributed by atoms with Gasteiger partial charge in [0, 0.05) is 18.7 Å². The summed E-state index contributed by atoms with van der Waals surface area (Å²) in [5.41, 5.74) is 1.04. The number of phenolic OH excluding ortho intramolecular Hbond substituents is 1. The molecule has 7 nitrogen and oxygen atoms in total. The lowest BCUT2D eigenvalue weighted by molar-refractivity contribution is -0.140. The lowest BCUT2D eigenvalue weighted by atomic mass is 9.95. The molecule has 1 aliphatic heterocycles. The number of carbonyl (C=O) groups is 2. The first-order chi connectivity index (χ1) is 13.8. The summed E-state index contributed by atoms with van der Waals surface area (Å²) < 4.78 is 5.20. The number of carbonyl (C=O) groups excluding carboxylic acids is 2. The van der Waals surface area contributed by atoms with Gasteiger partial charge in [-0.15, -0.1) is 0 Å². The van der Waals surface area contributed by atoms with E-state index in [1.165, 1.54) is 24.1 Å². The van der Waals surface area contributed by atoms with Crippen LogP contribution in [-0.4, -0.2) is 66.0 Å². The summed E-state index contributed by atoms with van der Waals surface area (Å²) in [7, 11) is 5.26. The molecule has 152 valence electrons. The van der Waals surface area contributed by atoms with Crippen LogP contribution in [0.15, 0.2) is 54.1 Å². The van der Waals surface area contributed by atoms with Crippen molar-refractivity contribution in [2.24, 2.45) is 0 Å². The zero-order valence-corrected chi connectivity index (χ0v) is 16.6. The van der Waals surface area contributed by atoms with Crippen molar-refractivity contribution >= 4 is 17.4 Å². The molecule has 0 radical (unpaired) electrons. The maximum Gasteiger partial charge on any atom is 0.295 e. The van der Waals surface area contributed by atoms with E-state index in [-0.39, 0.29) is 17.1 Å². The highest BCUT2D eigenvalue weighted by atomic mass is 16.5. The number of amides is 1. The van der Waals surface area contributed by atoms with Crippen LogP contribution in [0.2, 0.25) is 0 Å². The second-order valence-corrected chi connectivity index (χ2v) is 7.12. The smallest absolute Gasteiger partial charge is 0.295 e. The molecular weight excluding hydrogens is 372 g/mol. The fourth-order valence-electron chi connectivity index (χ4n) is 3.35. The van der Waals surface area contributed by atoms with E-state index in [2.05, 4.69) is 0 Å². The minimum atomic E-state index is -0.748. The Bertz CT molecular complexity index is 950. The van der Waals surface area contributed by atoms with Gasteiger partial charge in [0.1, 0.15) is 17.3 Å². The summed E-state index contributed by atoms with van der Waals surface area (Å²) in [6, 6.07) is 12.2. The van der Waals surface area contributed by atoms with Crippen LogP contribution in [0.25, 0.3) is 5.76 Å². The van der Waals surface area contributed by atoms with Crippen molar-refractivity contribution < 1.29 is 24.5 Å². The fourth-order valence-corrected chi connectivity index (χ4v) is 3.35. The number of rotatable bonds is 6. The Kier molecular flexibility index (Phi) is 5.89. The van der Waals surface area contributed by atoms with Crippen LogP contribution in [0.4, 0.5) is 0 Å². The predicted octanol–water partition coefficient (Wildman–Crippen LogP) is 2.38. The Balaban J connectivity index is 2.14. The average molecular weight is 396 g/mol. The molecule has 2 N–H and O–H groups in total. The first kappa shape index (κ1) is 20.4. The Hall–Kier alpha value is -3.32. The van der Waals surface area contributed by atoms with Crippen molar-refractivity contribution in [1.29, 1.82) is 0 Å². The third-order valence-corrected chi connectivity index (χ3v) is 4.88. The molecule has 1 amide bonds. The topological polar surface area (TPSA) is 90.3 Å². The lowest BCUT2D eigenvalue weighted by Gasteiger charge is -2.26. The van der Waals surface area contributed by atoms with Gasteiger partial charge in [-0.1, -0.05) is 24.3 Å². The van der Waals surface area contributed by atoms with Crippen molar-refractivity contribution in [1.82, 2.24) is 9.80 Å². The third kappa shape index (κ3) is 4.09. The fraction of sp³-hybridized carbons (Fsp3) is 0.273. The molecule has 1 aliphatic rings. The molecular formula is C22H24N2O5. The first-order valence-electron chi connectivity index (χ1n) is 9.20. The van der Waals surface area contributed by atoms with Gasteiger partial charge < -0.3 is 24.7 Å². The number of methoxy groups -OCH3 is 1. The number of Topliss-reactive ketones (excluding diaryl/α,β-unsaturated/α-hetero) is 1. The summed E-state index contributed by atoms with van der Waals surface area (Å²) in [6.07, 6.45) is 0. The summed E-state index contributed by atoms with van der Waals surface area (Å²) in [5, 5.41) is 20.6. The molecule has 1 heterocycles. The average Bonchev–Trinajstić information content (AvgIpc) is 2.97. The molecule has 0 saturated carbocycles. The molecule has 1 fully saturated rings. The van der Waals surface area contributed by atoms with Gasteiger partial charge in [0.25, 0.3) is 11.7 Å². The van der Waals surface area contributed by atoms with E-state index >= 15 is 0 Å². The predicted molar refractivity (Wildman–Crippen MR) is 109 cm³/mol. The number of hydrogen-bond donors (Lipinski definition) is 2. The molecule has 1 unspecified atom stereocenters. The molecule has 0 aliphatic carbocycles. The number of likely N-dealkylation sites (tertiary alicyclic amines) is 1. The highest BCUT2D eigenvalue weighted by Gasteiger charge is 2.45. The number of nitrogens with zero attached hydrogens (tertiary/aromatic N) is 2. The standard InChI is InChI=1S/C22H24N2O5/c1-23(2)11-12-24-19(14-7-9-16(25)10-8-14)18(21(27)22(24)28)20(26)15-5-4-6-17(13-15)29-3/h4-10,13,19,25-26H,11-12H2,1-3H3/b20-18+. The molecule has 7 heteroatoms. The summed E-state index contributed by atoms with van der Waals surface area (Å²) >= 11 is 0. The number of aliphatic hydroxyl groups is 1. The molecule has 1 atom stereocenters. The minimum absolute atomic E-state index is 0.0210. The highest BCUT2D eigenvalue weighted by molar-refractivity contribution is 6.46. The van der Waals surface area contributed by atoms with Crippen LogP contribution in [-0.2, 0) is 9.59 Å². The van der Waals surface area contributed by atoms with E-state index < -0.39 is 17.7 Å². The van der Waals surface area contributed by atoms with Gasteiger partial charge in [-0.3, -0.25) is 9.59 Å². The molecule has 0 spiro atoms. The van der Waals surface area contributed by atoms with Gasteiger partial charge in [0.15, 0.2) is 0 Å². The van der Waals surface area contributed by atoms with Crippen LogP contribution in [0, 0.1) is 0 Å². The van der Waals surface area contributed by atoms with Crippen molar-refractivity contribution in [2.45, 2.75) is 6.04 Å². The van der Waals surface area contributed by atoms with Crippen LogP contribution in [0.5, 0.6) is 11.5 Å². The van der Waals surface area contributed by atoms with Crippen LogP contribution < -0.4 is 4.74 Å². The number of phenols is 1. The van der Waals surface area contributed by atoms with Crippen LogP contribution in [0.3, 0.4) is 0 Å². The van der Waals surface area contributed by atoms with E-state index in [1.54, 1.807) is 36.4 Å². The molecule has 0 bridgehead atoms. The largest absolute Gasteiger partial charge is 0.508 e. The number of aliphatic hydroxyl groups excluding tert-OH is 1. The van der Waals surface area contributed by atoms with E-state index in [1.807, 2.05) is 19.0 Å². The van der Waals surface area contributed by atoms with Crippen LogP contribution in [0.1, 0.15) is 17.2 Å². The first-order valence-corrected chi connectivity index (χ1v) is 9.20. The Morgan fingerprint density at radius 2 is 1.83 bits per heavy atom. The molecule has 3 rings (SSSR count). The number of ether oxygens (including phenoxy) is 1. The molecule has 2 aromatic rings. The highest BCUT2D eigenvalue weighted by Crippen LogP contribution is 2.39. The number of hydrogen-bond acceptors (Lipinski definition) is 6. The summed E-state index contributed by atoms with van der Waals surface area (Å²) in [6.45, 7) is 0.874. The van der Waals surface area contributed by atoms with Gasteiger partial charge >= 0.3 is 0 Å². The Labute approximate surface area is 169 Å². The summed E-state index contributed by atoms with van der Waals surface area (Å²) in [5.74, 6) is -1.05. The van der Waals surface area contributed by atoms with Gasteiger partial charge in [0.05, 0.1) is 18.7 Å². The number of likely N-dealkylation sites (N-methyl/N-ethyl adjacent to an activating group) is 1.